The van der Waals surface area contributed by atoms with Crippen LogP contribution in [0.2, 0.25) is 0 Å². The lowest BCUT2D eigenvalue weighted by Gasteiger charge is -2.22. The van der Waals surface area contributed by atoms with Crippen molar-refractivity contribution >= 4 is 11.9 Å². The predicted octanol–water partition coefficient (Wildman–Crippen LogP) is 3.35. The fraction of sp³-hybridized carbons (Fsp3) is 0.600. The van der Waals surface area contributed by atoms with Gasteiger partial charge in [0.05, 0.1) is 12.5 Å². The molecule has 1 amide bonds. The number of ether oxygens (including phenoxy) is 2. The average molecular weight is 342 g/mol. The molecule has 1 unspecified atom stereocenters. The summed E-state index contributed by atoms with van der Waals surface area (Å²) in [6.45, 7) is 3.79. The van der Waals surface area contributed by atoms with Crippen LogP contribution >= 0.6 is 0 Å². The Hall–Kier alpha value is -2.04. The number of nitrogens with zero attached hydrogens (tertiary/aromatic N) is 2. The zero-order valence-corrected chi connectivity index (χ0v) is 14.8. The molecule has 1 saturated heterocycles. The summed E-state index contributed by atoms with van der Waals surface area (Å²) in [5, 5.41) is 0. The Labute approximate surface area is 149 Å². The van der Waals surface area contributed by atoms with E-state index >= 15 is 0 Å². The van der Waals surface area contributed by atoms with E-state index < -0.39 is 0 Å². The molecular formula is C20H26N2O3. The van der Waals surface area contributed by atoms with Crippen molar-refractivity contribution in [1.82, 2.24) is 4.90 Å². The minimum atomic E-state index is -0.0916. The van der Waals surface area contributed by atoms with E-state index in [2.05, 4.69) is 29.3 Å². The van der Waals surface area contributed by atoms with E-state index in [0.717, 1.165) is 18.2 Å². The van der Waals surface area contributed by atoms with E-state index in [-0.39, 0.29) is 17.9 Å². The summed E-state index contributed by atoms with van der Waals surface area (Å²) in [6.07, 6.45) is 6.63. The van der Waals surface area contributed by atoms with Gasteiger partial charge in [0.25, 0.3) is 11.9 Å². The Morgan fingerprint density at radius 3 is 2.68 bits per heavy atom. The monoisotopic (exact) mass is 342 g/mol. The van der Waals surface area contributed by atoms with E-state index in [9.17, 15) is 4.79 Å². The number of amidine groups is 1. The number of fused-ring (bicyclic) bond motifs is 1. The molecule has 0 radical (unpaired) electrons. The molecule has 25 heavy (non-hydrogen) atoms. The third-order valence-corrected chi connectivity index (χ3v) is 5.48. The quantitative estimate of drug-likeness (QED) is 0.842. The molecule has 0 spiro atoms. The molecule has 2 fully saturated rings. The summed E-state index contributed by atoms with van der Waals surface area (Å²) in [5.74, 6) is 1.44. The minimum absolute atomic E-state index is 0.0562. The largest absolute Gasteiger partial charge is 0.490 e. The lowest BCUT2D eigenvalue weighted by Crippen LogP contribution is -2.38. The fourth-order valence-corrected chi connectivity index (χ4v) is 4.00. The number of hydrogen-bond acceptors (Lipinski definition) is 4. The highest BCUT2D eigenvalue weighted by Crippen LogP contribution is 2.33. The van der Waals surface area contributed by atoms with E-state index in [1.807, 2.05) is 11.8 Å². The standard InChI is InChI=1S/C20H26N2O3/c1-14-11-22-12-18(25-20(22)21-19(14)23)13-24-17-9-7-16(8-10-17)15-5-3-2-4-6-15/h7-10,14-15,18H,2-6,11-13H2,1H3/t14?,18-/m0/s1. The molecular weight excluding hydrogens is 316 g/mol. The maximum Gasteiger partial charge on any atom is 0.295 e. The first-order valence-electron chi connectivity index (χ1n) is 9.46. The lowest BCUT2D eigenvalue weighted by atomic mass is 9.84. The van der Waals surface area contributed by atoms with Crippen molar-refractivity contribution in [3.8, 4) is 5.75 Å². The zero-order chi connectivity index (χ0) is 17.2. The van der Waals surface area contributed by atoms with Crippen molar-refractivity contribution in [2.24, 2.45) is 10.9 Å². The lowest BCUT2D eigenvalue weighted by molar-refractivity contribution is -0.122. The average Bonchev–Trinajstić information content (AvgIpc) is 3.03. The minimum Gasteiger partial charge on any atom is -0.490 e. The Kier molecular flexibility index (Phi) is 4.64. The van der Waals surface area contributed by atoms with Gasteiger partial charge in [-0.05, 0) is 36.5 Å². The molecule has 2 aliphatic heterocycles. The maximum atomic E-state index is 11.7. The zero-order valence-electron chi connectivity index (χ0n) is 14.8. The summed E-state index contributed by atoms with van der Waals surface area (Å²) in [7, 11) is 0. The van der Waals surface area contributed by atoms with Crippen molar-refractivity contribution in [2.75, 3.05) is 19.7 Å². The van der Waals surface area contributed by atoms with E-state index in [4.69, 9.17) is 9.47 Å². The van der Waals surface area contributed by atoms with Gasteiger partial charge in [-0.2, -0.15) is 4.99 Å². The molecule has 1 aromatic rings. The van der Waals surface area contributed by atoms with Gasteiger partial charge in [-0.15, -0.1) is 0 Å². The van der Waals surface area contributed by atoms with Gasteiger partial charge in [0.2, 0.25) is 0 Å². The first kappa shape index (κ1) is 16.4. The van der Waals surface area contributed by atoms with Crippen LogP contribution in [0, 0.1) is 5.92 Å². The van der Waals surface area contributed by atoms with Crippen LogP contribution in [0.5, 0.6) is 5.75 Å². The van der Waals surface area contributed by atoms with Gasteiger partial charge in [0.1, 0.15) is 12.4 Å². The summed E-state index contributed by atoms with van der Waals surface area (Å²) in [4.78, 5) is 17.7. The third kappa shape index (κ3) is 3.65. The van der Waals surface area contributed by atoms with Crippen molar-refractivity contribution < 1.29 is 14.3 Å². The number of benzene rings is 1. The second-order valence-corrected chi connectivity index (χ2v) is 7.49. The van der Waals surface area contributed by atoms with E-state index in [1.165, 1.54) is 37.7 Å². The molecule has 1 aromatic carbocycles. The van der Waals surface area contributed by atoms with Crippen LogP contribution in [0.4, 0.5) is 0 Å². The molecule has 2 atom stereocenters. The number of amides is 1. The molecule has 0 bridgehead atoms. The fourth-order valence-electron chi connectivity index (χ4n) is 4.00. The number of carbonyl (C=O) groups is 1. The van der Waals surface area contributed by atoms with Gasteiger partial charge in [0, 0.05) is 6.54 Å². The number of rotatable bonds is 4. The Morgan fingerprint density at radius 2 is 1.92 bits per heavy atom. The van der Waals surface area contributed by atoms with Crippen LogP contribution in [0.3, 0.4) is 0 Å². The molecule has 5 heteroatoms. The predicted molar refractivity (Wildman–Crippen MR) is 95.8 cm³/mol. The van der Waals surface area contributed by atoms with Crippen LogP contribution in [0.25, 0.3) is 0 Å². The molecule has 5 nitrogen and oxygen atoms in total. The van der Waals surface area contributed by atoms with Crippen molar-refractivity contribution in [3.63, 3.8) is 0 Å². The van der Waals surface area contributed by atoms with Crippen LogP contribution < -0.4 is 4.74 Å². The highest BCUT2D eigenvalue weighted by Gasteiger charge is 2.36. The van der Waals surface area contributed by atoms with Gasteiger partial charge in [0.15, 0.2) is 6.10 Å². The SMILES string of the molecule is CC1CN2C[C@@H](COc3ccc(C4CCCCC4)cc3)OC2=NC1=O. The van der Waals surface area contributed by atoms with Crippen LogP contribution in [-0.2, 0) is 9.53 Å². The summed E-state index contributed by atoms with van der Waals surface area (Å²) < 4.78 is 11.7. The van der Waals surface area contributed by atoms with Crippen molar-refractivity contribution in [1.29, 1.82) is 0 Å². The highest BCUT2D eigenvalue weighted by molar-refractivity contribution is 5.94. The van der Waals surface area contributed by atoms with Gasteiger partial charge in [-0.1, -0.05) is 38.3 Å². The highest BCUT2D eigenvalue weighted by atomic mass is 16.6. The second kappa shape index (κ2) is 7.06. The van der Waals surface area contributed by atoms with Crippen molar-refractivity contribution in [3.05, 3.63) is 29.8 Å². The molecule has 134 valence electrons. The molecule has 3 aliphatic rings. The Bertz CT molecular complexity index is 649. The molecule has 1 saturated carbocycles. The van der Waals surface area contributed by atoms with Gasteiger partial charge >= 0.3 is 0 Å². The topological polar surface area (TPSA) is 51.1 Å². The first-order chi connectivity index (χ1) is 12.2. The molecule has 2 heterocycles. The molecule has 4 rings (SSSR count). The van der Waals surface area contributed by atoms with E-state index in [0.29, 0.717) is 19.2 Å². The maximum absolute atomic E-state index is 11.7. The Morgan fingerprint density at radius 1 is 1.16 bits per heavy atom. The van der Waals surface area contributed by atoms with Crippen molar-refractivity contribution in [2.45, 2.75) is 51.0 Å². The van der Waals surface area contributed by atoms with Gasteiger partial charge in [-0.25, -0.2) is 0 Å². The van der Waals surface area contributed by atoms with Crippen LogP contribution in [0.15, 0.2) is 29.3 Å². The normalized spacial score (nSPS) is 26.8. The van der Waals surface area contributed by atoms with Crippen LogP contribution in [0.1, 0.15) is 50.5 Å². The number of carbonyl (C=O) groups excluding carboxylic acids is 1. The summed E-state index contributed by atoms with van der Waals surface area (Å²) in [6, 6.07) is 9.00. The number of aliphatic imine (C=N–C) groups is 1. The summed E-state index contributed by atoms with van der Waals surface area (Å²) in [5.41, 5.74) is 1.43. The second-order valence-electron chi connectivity index (χ2n) is 7.49. The Balaban J connectivity index is 1.30. The molecule has 0 N–H and O–H groups in total. The van der Waals surface area contributed by atoms with E-state index in [1.54, 1.807) is 0 Å². The molecule has 0 aromatic heterocycles. The van der Waals surface area contributed by atoms with Gasteiger partial charge in [-0.3, -0.25) is 4.79 Å². The van der Waals surface area contributed by atoms with Crippen LogP contribution in [-0.4, -0.2) is 42.6 Å². The molecule has 1 aliphatic carbocycles. The summed E-state index contributed by atoms with van der Waals surface area (Å²) >= 11 is 0. The smallest absolute Gasteiger partial charge is 0.295 e. The van der Waals surface area contributed by atoms with Gasteiger partial charge < -0.3 is 14.4 Å². The number of hydrogen-bond donors (Lipinski definition) is 0. The first-order valence-corrected chi connectivity index (χ1v) is 9.46. The third-order valence-electron chi connectivity index (χ3n) is 5.48.